The molecular formula is C28H42N2O6. The normalized spacial score (nSPS) is 10.8. The minimum Gasteiger partial charge on any atom is -0.478 e. The van der Waals surface area contributed by atoms with E-state index < -0.39 is 11.9 Å². The van der Waals surface area contributed by atoms with Gasteiger partial charge in [-0.05, 0) is 52.9 Å². The van der Waals surface area contributed by atoms with E-state index in [0.717, 1.165) is 0 Å². The summed E-state index contributed by atoms with van der Waals surface area (Å²) in [5.41, 5.74) is 2.45. The van der Waals surface area contributed by atoms with Gasteiger partial charge in [0.2, 0.25) is 0 Å². The van der Waals surface area contributed by atoms with E-state index in [9.17, 15) is 9.59 Å². The summed E-state index contributed by atoms with van der Waals surface area (Å²) < 4.78 is 11.1. The first kappa shape index (κ1) is 33.0. The second-order valence-electron chi connectivity index (χ2n) is 8.64. The molecule has 8 heteroatoms. The van der Waals surface area contributed by atoms with Crippen molar-refractivity contribution in [3.8, 4) is 0 Å². The van der Waals surface area contributed by atoms with Crippen LogP contribution in [0, 0.1) is 0 Å². The highest BCUT2D eigenvalue weighted by Gasteiger charge is 2.03. The summed E-state index contributed by atoms with van der Waals surface area (Å²) in [4.78, 5) is 23.4. The van der Waals surface area contributed by atoms with Gasteiger partial charge in [0, 0.05) is 24.2 Å². The molecule has 0 spiro atoms. The minimum atomic E-state index is -1.26. The van der Waals surface area contributed by atoms with Gasteiger partial charge in [-0.3, -0.25) is 9.80 Å². The molecule has 0 saturated heterocycles. The van der Waals surface area contributed by atoms with E-state index in [1.54, 1.807) is 0 Å². The van der Waals surface area contributed by atoms with Crippen LogP contribution in [-0.2, 0) is 32.3 Å². The molecule has 2 N–H and O–H groups in total. The third-order valence-corrected chi connectivity index (χ3v) is 4.94. The van der Waals surface area contributed by atoms with Gasteiger partial charge in [0.15, 0.2) is 0 Å². The van der Waals surface area contributed by atoms with Crippen LogP contribution in [-0.4, -0.2) is 71.6 Å². The van der Waals surface area contributed by atoms with Gasteiger partial charge in [-0.1, -0.05) is 60.7 Å². The summed E-state index contributed by atoms with van der Waals surface area (Å²) in [5, 5.41) is 15.6. The molecule has 0 aliphatic carbocycles. The van der Waals surface area contributed by atoms with Gasteiger partial charge in [0.25, 0.3) is 0 Å². The zero-order valence-electron chi connectivity index (χ0n) is 22.3. The van der Waals surface area contributed by atoms with Crippen molar-refractivity contribution in [2.45, 2.75) is 53.0 Å². The van der Waals surface area contributed by atoms with Crippen molar-refractivity contribution in [3.63, 3.8) is 0 Å². The summed E-state index contributed by atoms with van der Waals surface area (Å²) >= 11 is 0. The lowest BCUT2D eigenvalue weighted by atomic mass is 10.2. The smallest absolute Gasteiger partial charge is 0.328 e. The lowest BCUT2D eigenvalue weighted by Gasteiger charge is -2.20. The molecule has 2 rings (SSSR count). The Morgan fingerprint density at radius 3 is 1.25 bits per heavy atom. The Morgan fingerprint density at radius 2 is 1.00 bits per heavy atom. The second-order valence-corrected chi connectivity index (χ2v) is 8.64. The number of ether oxygens (including phenoxy) is 2. The van der Waals surface area contributed by atoms with Gasteiger partial charge in [-0.25, -0.2) is 9.59 Å². The third kappa shape index (κ3) is 19.3. The Labute approximate surface area is 215 Å². The Hall–Kier alpha value is -3.04. The average molecular weight is 503 g/mol. The lowest BCUT2D eigenvalue weighted by molar-refractivity contribution is -0.134. The Balaban J connectivity index is 0.000000533. The number of rotatable bonds is 12. The predicted molar refractivity (Wildman–Crippen MR) is 142 cm³/mol. The van der Waals surface area contributed by atoms with Gasteiger partial charge in [0.1, 0.15) is 0 Å². The Morgan fingerprint density at radius 1 is 0.694 bits per heavy atom. The van der Waals surface area contributed by atoms with Crippen LogP contribution < -0.4 is 0 Å². The predicted octanol–water partition coefficient (Wildman–Crippen LogP) is 4.71. The van der Waals surface area contributed by atoms with Crippen LogP contribution in [0.15, 0.2) is 72.8 Å². The summed E-state index contributed by atoms with van der Waals surface area (Å²) in [6.45, 7) is 11.4. The zero-order chi connectivity index (χ0) is 27.3. The average Bonchev–Trinajstić information content (AvgIpc) is 2.84. The molecule has 2 aromatic rings. The Kier molecular flexibility index (Phi) is 18.5. The van der Waals surface area contributed by atoms with Crippen LogP contribution in [0.5, 0.6) is 0 Å². The number of hydrogen-bond donors (Lipinski definition) is 2. The molecule has 0 unspecified atom stereocenters. The molecule has 0 saturated carbocycles. The largest absolute Gasteiger partial charge is 0.478 e. The highest BCUT2D eigenvalue weighted by atomic mass is 16.5. The van der Waals surface area contributed by atoms with E-state index in [1.807, 2.05) is 36.4 Å². The molecule has 0 atom stereocenters. The summed E-state index contributed by atoms with van der Waals surface area (Å²) in [7, 11) is 4.13. The quantitative estimate of drug-likeness (QED) is 0.318. The maximum absolute atomic E-state index is 9.55. The first-order chi connectivity index (χ1) is 17.0. The second kappa shape index (κ2) is 20.2. The van der Waals surface area contributed by atoms with Crippen LogP contribution in [0.3, 0.4) is 0 Å². The maximum atomic E-state index is 9.55. The number of carboxylic acids is 2. The molecule has 8 nitrogen and oxygen atoms in total. The molecule has 0 heterocycles. The fourth-order valence-corrected chi connectivity index (χ4v) is 2.20. The third-order valence-electron chi connectivity index (χ3n) is 4.94. The molecule has 0 bridgehead atoms. The van der Waals surface area contributed by atoms with Gasteiger partial charge in [-0.2, -0.15) is 0 Å². The molecule has 0 aliphatic rings. The first-order valence-electron chi connectivity index (χ1n) is 11.8. The number of carbonyl (C=O) groups is 2. The lowest BCUT2D eigenvalue weighted by Crippen LogP contribution is -2.28. The highest BCUT2D eigenvalue weighted by molar-refractivity contribution is 5.89. The van der Waals surface area contributed by atoms with Gasteiger partial charge in [-0.15, -0.1) is 0 Å². The van der Waals surface area contributed by atoms with Crippen molar-refractivity contribution in [1.82, 2.24) is 9.80 Å². The van der Waals surface area contributed by atoms with Crippen LogP contribution in [0.4, 0.5) is 0 Å². The molecule has 2 aromatic carbocycles. The number of aliphatic carboxylic acids is 2. The topological polar surface area (TPSA) is 99.5 Å². The SMILES string of the molecule is CC(C)N(C)COCc1ccccc1.CC(C)N(C)COCc1ccccc1.O=C(O)/C=C\C(=O)O. The van der Waals surface area contributed by atoms with Crippen molar-refractivity contribution in [3.05, 3.63) is 83.9 Å². The number of hydrogen-bond acceptors (Lipinski definition) is 6. The summed E-state index contributed by atoms with van der Waals surface area (Å²) in [6.07, 6.45) is 1.12. The van der Waals surface area contributed by atoms with E-state index in [2.05, 4.69) is 75.9 Å². The van der Waals surface area contributed by atoms with Crippen LogP contribution in [0.2, 0.25) is 0 Å². The molecule has 0 aliphatic heterocycles. The minimum absolute atomic E-state index is 0.533. The van der Waals surface area contributed by atoms with Crippen molar-refractivity contribution in [1.29, 1.82) is 0 Å². The summed E-state index contributed by atoms with van der Waals surface area (Å²) in [6, 6.07) is 21.5. The van der Waals surface area contributed by atoms with Gasteiger partial charge >= 0.3 is 11.9 Å². The van der Waals surface area contributed by atoms with Crippen molar-refractivity contribution in [2.75, 3.05) is 27.6 Å². The van der Waals surface area contributed by atoms with Crippen LogP contribution in [0.1, 0.15) is 38.8 Å². The number of carboxylic acid groups (broad SMARTS) is 2. The molecular weight excluding hydrogens is 460 g/mol. The van der Waals surface area contributed by atoms with E-state index in [-0.39, 0.29) is 0 Å². The Bertz CT molecular complexity index is 785. The van der Waals surface area contributed by atoms with Crippen LogP contribution in [0.25, 0.3) is 0 Å². The molecule has 0 aromatic heterocycles. The fraction of sp³-hybridized carbons (Fsp3) is 0.429. The van der Waals surface area contributed by atoms with Crippen molar-refractivity contribution in [2.24, 2.45) is 0 Å². The van der Waals surface area contributed by atoms with E-state index in [4.69, 9.17) is 19.7 Å². The van der Waals surface area contributed by atoms with Crippen LogP contribution >= 0.6 is 0 Å². The van der Waals surface area contributed by atoms with E-state index in [0.29, 0.717) is 50.9 Å². The van der Waals surface area contributed by atoms with Crippen molar-refractivity contribution >= 4 is 11.9 Å². The highest BCUT2D eigenvalue weighted by Crippen LogP contribution is 2.03. The summed E-state index contributed by atoms with van der Waals surface area (Å²) in [5.74, 6) is -2.51. The standard InChI is InChI=1S/2C12H19NO.C4H4O4/c2*1-11(2)13(3)10-14-9-12-7-5-4-6-8-12;5-3(6)1-2-4(7)8/h2*4-8,11H,9-10H2,1-3H3;1-2H,(H,5,6)(H,7,8)/b;;2-1-. The molecule has 0 radical (unpaired) electrons. The first-order valence-corrected chi connectivity index (χ1v) is 11.8. The molecule has 0 amide bonds. The van der Waals surface area contributed by atoms with Crippen molar-refractivity contribution < 1.29 is 29.3 Å². The molecule has 200 valence electrons. The van der Waals surface area contributed by atoms with Gasteiger partial charge < -0.3 is 19.7 Å². The molecule has 36 heavy (non-hydrogen) atoms. The monoisotopic (exact) mass is 502 g/mol. The van der Waals surface area contributed by atoms with E-state index in [1.165, 1.54) is 11.1 Å². The van der Waals surface area contributed by atoms with E-state index >= 15 is 0 Å². The number of nitrogens with zero attached hydrogens (tertiary/aromatic N) is 2. The fourth-order valence-electron chi connectivity index (χ4n) is 2.20. The number of benzene rings is 2. The van der Waals surface area contributed by atoms with Gasteiger partial charge in [0.05, 0.1) is 26.7 Å². The maximum Gasteiger partial charge on any atom is 0.328 e. The zero-order valence-corrected chi connectivity index (χ0v) is 22.3. The molecule has 0 fully saturated rings.